The van der Waals surface area contributed by atoms with Gasteiger partial charge in [-0.2, -0.15) is 0 Å². The molecular formula is C12H16ClNO3S. The van der Waals surface area contributed by atoms with Gasteiger partial charge in [0.05, 0.1) is 11.6 Å². The Balaban J connectivity index is 2.16. The molecule has 100 valence electrons. The summed E-state index contributed by atoms with van der Waals surface area (Å²) in [4.78, 5) is 0.0371. The van der Waals surface area contributed by atoms with Gasteiger partial charge in [0.1, 0.15) is 4.90 Å². The number of aliphatic hydroxyl groups is 1. The molecule has 1 aromatic rings. The van der Waals surface area contributed by atoms with Crippen LogP contribution in [0.3, 0.4) is 0 Å². The van der Waals surface area contributed by atoms with E-state index in [1.165, 1.54) is 18.6 Å². The molecule has 0 aliphatic heterocycles. The lowest BCUT2D eigenvalue weighted by Gasteiger charge is -2.25. The van der Waals surface area contributed by atoms with E-state index in [0.29, 0.717) is 18.0 Å². The number of hydrogen-bond donors (Lipinski definition) is 2. The number of sulfonamides is 1. The second-order valence-corrected chi connectivity index (χ2v) is 6.71. The van der Waals surface area contributed by atoms with Crippen LogP contribution in [0.1, 0.15) is 24.8 Å². The molecule has 0 saturated heterocycles. The number of aliphatic hydroxyl groups excluding tert-OH is 1. The molecule has 0 radical (unpaired) electrons. The molecule has 0 aromatic heterocycles. The van der Waals surface area contributed by atoms with Crippen molar-refractivity contribution in [3.8, 4) is 0 Å². The molecule has 0 atom stereocenters. The van der Waals surface area contributed by atoms with Crippen molar-refractivity contribution in [1.82, 2.24) is 4.72 Å². The zero-order valence-corrected chi connectivity index (χ0v) is 11.5. The Morgan fingerprint density at radius 1 is 1.39 bits per heavy atom. The van der Waals surface area contributed by atoms with E-state index in [2.05, 4.69) is 4.72 Å². The van der Waals surface area contributed by atoms with Gasteiger partial charge in [0, 0.05) is 6.54 Å². The average molecular weight is 290 g/mol. The molecular weight excluding hydrogens is 274 g/mol. The van der Waals surface area contributed by atoms with Crippen LogP contribution in [-0.4, -0.2) is 20.1 Å². The maximum atomic E-state index is 12.1. The van der Waals surface area contributed by atoms with Crippen molar-refractivity contribution in [2.75, 3.05) is 6.54 Å². The summed E-state index contributed by atoms with van der Waals surface area (Å²) in [6.07, 6.45) is 3.33. The highest BCUT2D eigenvalue weighted by Gasteiger charge is 2.23. The molecule has 0 unspecified atom stereocenters. The van der Waals surface area contributed by atoms with Crippen LogP contribution < -0.4 is 4.72 Å². The van der Waals surface area contributed by atoms with E-state index in [1.54, 1.807) is 6.07 Å². The first-order valence-corrected chi connectivity index (χ1v) is 7.78. The van der Waals surface area contributed by atoms with Crippen LogP contribution in [0.25, 0.3) is 0 Å². The molecule has 1 saturated carbocycles. The van der Waals surface area contributed by atoms with E-state index >= 15 is 0 Å². The lowest BCUT2D eigenvalue weighted by Crippen LogP contribution is -2.32. The van der Waals surface area contributed by atoms with Gasteiger partial charge in [0.15, 0.2) is 0 Å². The molecule has 2 N–H and O–H groups in total. The summed E-state index contributed by atoms with van der Waals surface area (Å²) in [5.41, 5.74) is 0.531. The molecule has 0 amide bonds. The number of hydrogen-bond acceptors (Lipinski definition) is 3. The fourth-order valence-electron chi connectivity index (χ4n) is 1.85. The largest absolute Gasteiger partial charge is 0.392 e. The number of rotatable bonds is 5. The van der Waals surface area contributed by atoms with Crippen LogP contribution in [0.15, 0.2) is 23.1 Å². The topological polar surface area (TPSA) is 66.4 Å². The van der Waals surface area contributed by atoms with E-state index < -0.39 is 10.0 Å². The Bertz CT molecular complexity index is 526. The summed E-state index contributed by atoms with van der Waals surface area (Å²) >= 11 is 5.90. The molecule has 0 bridgehead atoms. The Morgan fingerprint density at radius 3 is 2.67 bits per heavy atom. The van der Waals surface area contributed by atoms with Crippen molar-refractivity contribution >= 4 is 21.6 Å². The van der Waals surface area contributed by atoms with Crippen LogP contribution in [0.4, 0.5) is 0 Å². The van der Waals surface area contributed by atoms with Crippen molar-refractivity contribution in [1.29, 1.82) is 0 Å². The molecule has 1 aromatic carbocycles. The standard InChI is InChI=1S/C12H16ClNO3S/c13-11-5-4-10(8-15)6-12(11)18(16,17)14-7-9-2-1-3-9/h4-6,9,14-15H,1-3,7-8H2. The van der Waals surface area contributed by atoms with Crippen LogP contribution in [0.2, 0.25) is 5.02 Å². The predicted octanol–water partition coefficient (Wildman–Crippen LogP) is 1.91. The molecule has 1 aliphatic rings. The van der Waals surface area contributed by atoms with Crippen molar-refractivity contribution < 1.29 is 13.5 Å². The number of halogens is 1. The second kappa shape index (κ2) is 5.57. The van der Waals surface area contributed by atoms with Crippen LogP contribution in [-0.2, 0) is 16.6 Å². The summed E-state index contributed by atoms with van der Waals surface area (Å²) in [7, 11) is -3.59. The monoisotopic (exact) mass is 289 g/mol. The summed E-state index contributed by atoms with van der Waals surface area (Å²) in [6, 6.07) is 4.50. The Kier molecular flexibility index (Phi) is 4.27. The van der Waals surface area contributed by atoms with E-state index in [1.807, 2.05) is 0 Å². The van der Waals surface area contributed by atoms with Gasteiger partial charge in [-0.05, 0) is 36.5 Å². The maximum absolute atomic E-state index is 12.1. The molecule has 4 nitrogen and oxygen atoms in total. The Hall–Kier alpha value is -0.620. The molecule has 6 heteroatoms. The highest BCUT2D eigenvalue weighted by atomic mass is 35.5. The SMILES string of the molecule is O=S(=O)(NCC1CCC1)c1cc(CO)ccc1Cl. The molecule has 0 heterocycles. The minimum absolute atomic E-state index is 0.0371. The van der Waals surface area contributed by atoms with Crippen LogP contribution in [0.5, 0.6) is 0 Å². The summed E-state index contributed by atoms with van der Waals surface area (Å²) in [6.45, 7) is 0.254. The molecule has 1 aliphatic carbocycles. The van der Waals surface area contributed by atoms with Gasteiger partial charge in [0.2, 0.25) is 10.0 Å². The highest BCUT2D eigenvalue weighted by Crippen LogP contribution is 2.27. The minimum Gasteiger partial charge on any atom is -0.392 e. The zero-order chi connectivity index (χ0) is 13.2. The first kappa shape index (κ1) is 13.8. The fourth-order valence-corrected chi connectivity index (χ4v) is 3.52. The number of nitrogens with one attached hydrogen (secondary N) is 1. The third-order valence-electron chi connectivity index (χ3n) is 3.25. The van der Waals surface area contributed by atoms with E-state index in [9.17, 15) is 8.42 Å². The van der Waals surface area contributed by atoms with Crippen molar-refractivity contribution in [3.05, 3.63) is 28.8 Å². The minimum atomic E-state index is -3.59. The van der Waals surface area contributed by atoms with Crippen LogP contribution >= 0.6 is 11.6 Å². The van der Waals surface area contributed by atoms with E-state index in [0.717, 1.165) is 12.8 Å². The van der Waals surface area contributed by atoms with Gasteiger partial charge in [0.25, 0.3) is 0 Å². The normalized spacial score (nSPS) is 16.6. The van der Waals surface area contributed by atoms with Gasteiger partial charge >= 0.3 is 0 Å². The van der Waals surface area contributed by atoms with Gasteiger partial charge in [-0.1, -0.05) is 24.1 Å². The smallest absolute Gasteiger partial charge is 0.242 e. The number of benzene rings is 1. The first-order valence-electron chi connectivity index (χ1n) is 5.92. The quantitative estimate of drug-likeness (QED) is 0.870. The first-order chi connectivity index (χ1) is 8.53. The lowest BCUT2D eigenvalue weighted by atomic mass is 9.86. The summed E-state index contributed by atoms with van der Waals surface area (Å²) < 4.78 is 26.8. The molecule has 18 heavy (non-hydrogen) atoms. The van der Waals surface area contributed by atoms with E-state index in [4.69, 9.17) is 16.7 Å². The fraction of sp³-hybridized carbons (Fsp3) is 0.500. The van der Waals surface area contributed by atoms with Crippen molar-refractivity contribution in [3.63, 3.8) is 0 Å². The van der Waals surface area contributed by atoms with Gasteiger partial charge in [-0.25, -0.2) is 13.1 Å². The van der Waals surface area contributed by atoms with Crippen molar-refractivity contribution in [2.24, 2.45) is 5.92 Å². The molecule has 1 fully saturated rings. The maximum Gasteiger partial charge on any atom is 0.242 e. The summed E-state index contributed by atoms with van der Waals surface area (Å²) in [5, 5.41) is 9.20. The van der Waals surface area contributed by atoms with Gasteiger partial charge in [-0.15, -0.1) is 0 Å². The predicted molar refractivity (Wildman–Crippen MR) is 69.9 cm³/mol. The van der Waals surface area contributed by atoms with Gasteiger partial charge in [-0.3, -0.25) is 0 Å². The zero-order valence-electron chi connectivity index (χ0n) is 9.89. The summed E-state index contributed by atoms with van der Waals surface area (Å²) in [5.74, 6) is 0.444. The molecule has 0 spiro atoms. The third-order valence-corrected chi connectivity index (χ3v) is 5.16. The third kappa shape index (κ3) is 3.03. The molecule has 2 rings (SSSR count). The Morgan fingerprint density at radius 2 is 2.11 bits per heavy atom. The van der Waals surface area contributed by atoms with Gasteiger partial charge < -0.3 is 5.11 Å². The Labute approximate surface area is 112 Å². The lowest BCUT2D eigenvalue weighted by molar-refractivity contribution is 0.281. The highest BCUT2D eigenvalue weighted by molar-refractivity contribution is 7.89. The second-order valence-electron chi connectivity index (χ2n) is 4.57. The van der Waals surface area contributed by atoms with Crippen molar-refractivity contribution in [2.45, 2.75) is 30.8 Å². The average Bonchev–Trinajstić information content (AvgIpc) is 2.27. The van der Waals surface area contributed by atoms with E-state index in [-0.39, 0.29) is 16.5 Å². The van der Waals surface area contributed by atoms with Crippen LogP contribution in [0, 0.1) is 5.92 Å².